The van der Waals surface area contributed by atoms with E-state index in [1.807, 2.05) is 68.4 Å². The molecule has 34 heavy (non-hydrogen) atoms. The van der Waals surface area contributed by atoms with Gasteiger partial charge in [-0.05, 0) is 46.7 Å². The van der Waals surface area contributed by atoms with Crippen molar-refractivity contribution < 1.29 is 23.8 Å². The van der Waals surface area contributed by atoms with Crippen LogP contribution in [0, 0.1) is 5.82 Å². The monoisotopic (exact) mass is 461 g/mol. The molecule has 1 aliphatic rings. The molecule has 0 aliphatic carbocycles. The van der Waals surface area contributed by atoms with Gasteiger partial charge < -0.3 is 14.7 Å². The van der Waals surface area contributed by atoms with Crippen molar-refractivity contribution in [1.29, 1.82) is 0 Å². The molecule has 0 spiro atoms. The summed E-state index contributed by atoms with van der Waals surface area (Å²) in [5.41, 5.74) is 3.08. The Bertz CT molecular complexity index is 1190. The van der Waals surface area contributed by atoms with Crippen LogP contribution >= 0.6 is 0 Å². The zero-order chi connectivity index (χ0) is 24.3. The highest BCUT2D eigenvalue weighted by Crippen LogP contribution is 2.41. The number of hydrogen-bond acceptors (Lipinski definition) is 3. The molecule has 1 heterocycles. The van der Waals surface area contributed by atoms with E-state index in [4.69, 9.17) is 9.84 Å². The van der Waals surface area contributed by atoms with Gasteiger partial charge in [-0.25, -0.2) is 9.18 Å². The number of carboxylic acid groups (broad SMARTS) is 1. The standard InChI is InChI=1S/C28H28FNO4/c1-28(2,20-9-4-3-5-10-20)17-25(31)30-15-14-19-8-6-7-11-22(19)27(30)23-16-21(29)12-13-24(23)34-18-26(32)33/h3-13,16,27H,14-15,17-18H2,1-2H3,(H,32,33). The minimum absolute atomic E-state index is 0.0539. The first-order chi connectivity index (χ1) is 16.3. The zero-order valence-corrected chi connectivity index (χ0v) is 19.3. The van der Waals surface area contributed by atoms with Crippen LogP contribution in [0.1, 0.15) is 48.6 Å². The summed E-state index contributed by atoms with van der Waals surface area (Å²) >= 11 is 0. The molecular formula is C28H28FNO4. The third kappa shape index (κ3) is 4.96. The molecule has 3 aromatic rings. The SMILES string of the molecule is CC(C)(CC(=O)N1CCc2ccccc2C1c1cc(F)ccc1OCC(=O)O)c1ccccc1. The first-order valence-electron chi connectivity index (χ1n) is 11.3. The summed E-state index contributed by atoms with van der Waals surface area (Å²) in [6.45, 7) is 4.00. The van der Waals surface area contributed by atoms with Gasteiger partial charge in [0.25, 0.3) is 0 Å². The molecule has 1 unspecified atom stereocenters. The lowest BCUT2D eigenvalue weighted by Gasteiger charge is -2.40. The van der Waals surface area contributed by atoms with Crippen molar-refractivity contribution in [2.24, 2.45) is 0 Å². The van der Waals surface area contributed by atoms with E-state index in [1.54, 1.807) is 4.90 Å². The molecular weight excluding hydrogens is 433 g/mol. The maximum Gasteiger partial charge on any atom is 0.341 e. The molecule has 0 saturated carbocycles. The molecule has 0 bridgehead atoms. The quantitative estimate of drug-likeness (QED) is 0.530. The number of nitrogens with zero attached hydrogens (tertiary/aromatic N) is 1. The van der Waals surface area contributed by atoms with Gasteiger partial charge in [-0.1, -0.05) is 68.4 Å². The number of hydrogen-bond donors (Lipinski definition) is 1. The molecule has 0 saturated heterocycles. The Morgan fingerprint density at radius 3 is 2.47 bits per heavy atom. The molecule has 0 fully saturated rings. The molecule has 1 amide bonds. The second kappa shape index (κ2) is 9.67. The van der Waals surface area contributed by atoms with Gasteiger partial charge in [0, 0.05) is 18.5 Å². The average Bonchev–Trinajstić information content (AvgIpc) is 2.82. The lowest BCUT2D eigenvalue weighted by molar-refractivity contribution is -0.139. The fraction of sp³-hybridized carbons (Fsp3) is 0.286. The maximum atomic E-state index is 14.4. The third-order valence-corrected chi connectivity index (χ3v) is 6.37. The number of carbonyl (C=O) groups excluding carboxylic acids is 1. The molecule has 0 radical (unpaired) electrons. The fourth-order valence-electron chi connectivity index (χ4n) is 4.65. The van der Waals surface area contributed by atoms with Crippen LogP contribution < -0.4 is 4.74 Å². The van der Waals surface area contributed by atoms with Crippen molar-refractivity contribution in [2.75, 3.05) is 13.2 Å². The fourth-order valence-corrected chi connectivity index (χ4v) is 4.65. The largest absolute Gasteiger partial charge is 0.482 e. The van der Waals surface area contributed by atoms with Gasteiger partial charge in [0.15, 0.2) is 6.61 Å². The second-order valence-corrected chi connectivity index (χ2v) is 9.23. The maximum absolute atomic E-state index is 14.4. The van der Waals surface area contributed by atoms with Gasteiger partial charge >= 0.3 is 5.97 Å². The minimum atomic E-state index is -1.13. The Morgan fingerprint density at radius 1 is 1.03 bits per heavy atom. The van der Waals surface area contributed by atoms with Crippen LogP contribution in [0.2, 0.25) is 0 Å². The van der Waals surface area contributed by atoms with Gasteiger partial charge in [-0.15, -0.1) is 0 Å². The Labute approximate surface area is 198 Å². The van der Waals surface area contributed by atoms with Crippen molar-refractivity contribution in [3.8, 4) is 5.75 Å². The molecule has 1 atom stereocenters. The lowest BCUT2D eigenvalue weighted by atomic mass is 9.80. The van der Waals surface area contributed by atoms with Crippen molar-refractivity contribution in [1.82, 2.24) is 4.90 Å². The predicted octanol–water partition coefficient (Wildman–Crippen LogP) is 5.13. The highest BCUT2D eigenvalue weighted by Gasteiger charge is 2.36. The summed E-state index contributed by atoms with van der Waals surface area (Å²) in [4.78, 5) is 26.6. The first-order valence-corrected chi connectivity index (χ1v) is 11.3. The van der Waals surface area contributed by atoms with Gasteiger partial charge in [-0.2, -0.15) is 0 Å². The van der Waals surface area contributed by atoms with E-state index in [0.29, 0.717) is 18.5 Å². The molecule has 3 aromatic carbocycles. The lowest BCUT2D eigenvalue weighted by Crippen LogP contribution is -2.43. The summed E-state index contributed by atoms with van der Waals surface area (Å²) in [7, 11) is 0. The van der Waals surface area contributed by atoms with Crippen LogP contribution in [0.25, 0.3) is 0 Å². The zero-order valence-electron chi connectivity index (χ0n) is 19.3. The van der Waals surface area contributed by atoms with Crippen LogP contribution in [0.15, 0.2) is 72.8 Å². The molecule has 0 aromatic heterocycles. The number of carbonyl (C=O) groups is 2. The Balaban J connectivity index is 1.74. The highest BCUT2D eigenvalue weighted by atomic mass is 19.1. The number of carboxylic acids is 1. The Kier molecular flexibility index (Phi) is 6.68. The molecule has 1 N–H and O–H groups in total. The summed E-state index contributed by atoms with van der Waals surface area (Å²) in [6.07, 6.45) is 0.959. The molecule has 6 heteroatoms. The van der Waals surface area contributed by atoms with Crippen molar-refractivity contribution in [3.05, 3.63) is 101 Å². The summed E-state index contributed by atoms with van der Waals surface area (Å²) in [6, 6.07) is 21.1. The van der Waals surface area contributed by atoms with Crippen LogP contribution in [0.5, 0.6) is 5.75 Å². The number of rotatable bonds is 7. The van der Waals surface area contributed by atoms with Crippen LogP contribution in [-0.2, 0) is 21.4 Å². The molecule has 1 aliphatic heterocycles. The number of ether oxygens (including phenoxy) is 1. The number of aliphatic carboxylic acids is 1. The topological polar surface area (TPSA) is 66.8 Å². The third-order valence-electron chi connectivity index (χ3n) is 6.37. The molecule has 176 valence electrons. The summed E-state index contributed by atoms with van der Waals surface area (Å²) in [5, 5.41) is 9.10. The minimum Gasteiger partial charge on any atom is -0.482 e. The number of amides is 1. The smallest absolute Gasteiger partial charge is 0.341 e. The average molecular weight is 462 g/mol. The van der Waals surface area contributed by atoms with E-state index in [0.717, 1.165) is 16.7 Å². The van der Waals surface area contributed by atoms with Crippen LogP contribution in [0.4, 0.5) is 4.39 Å². The van der Waals surface area contributed by atoms with E-state index >= 15 is 0 Å². The van der Waals surface area contributed by atoms with Gasteiger partial charge in [-0.3, -0.25) is 4.79 Å². The normalized spacial score (nSPS) is 15.5. The summed E-state index contributed by atoms with van der Waals surface area (Å²) < 4.78 is 19.9. The van der Waals surface area contributed by atoms with E-state index in [-0.39, 0.29) is 18.1 Å². The first kappa shape index (κ1) is 23.5. The predicted molar refractivity (Wildman–Crippen MR) is 127 cm³/mol. The van der Waals surface area contributed by atoms with Gasteiger partial charge in [0.1, 0.15) is 11.6 Å². The Hall–Kier alpha value is -3.67. The van der Waals surface area contributed by atoms with E-state index < -0.39 is 29.9 Å². The van der Waals surface area contributed by atoms with E-state index in [9.17, 15) is 14.0 Å². The van der Waals surface area contributed by atoms with E-state index in [1.165, 1.54) is 18.2 Å². The summed E-state index contributed by atoms with van der Waals surface area (Å²) in [5.74, 6) is -1.40. The molecule has 5 nitrogen and oxygen atoms in total. The van der Waals surface area contributed by atoms with Crippen LogP contribution in [0.3, 0.4) is 0 Å². The van der Waals surface area contributed by atoms with Crippen molar-refractivity contribution in [2.45, 2.75) is 38.1 Å². The Morgan fingerprint density at radius 2 is 1.74 bits per heavy atom. The highest BCUT2D eigenvalue weighted by molar-refractivity contribution is 5.79. The second-order valence-electron chi connectivity index (χ2n) is 9.23. The molecule has 4 rings (SSSR count). The number of halogens is 1. The van der Waals surface area contributed by atoms with E-state index in [2.05, 4.69) is 0 Å². The number of benzene rings is 3. The van der Waals surface area contributed by atoms with Gasteiger partial charge in [0.05, 0.1) is 6.04 Å². The van der Waals surface area contributed by atoms with Crippen LogP contribution in [-0.4, -0.2) is 35.0 Å². The number of fused-ring (bicyclic) bond motifs is 1. The van der Waals surface area contributed by atoms with Crippen molar-refractivity contribution in [3.63, 3.8) is 0 Å². The van der Waals surface area contributed by atoms with Gasteiger partial charge in [0.2, 0.25) is 5.91 Å². The van der Waals surface area contributed by atoms with Crippen molar-refractivity contribution >= 4 is 11.9 Å².